The topological polar surface area (TPSA) is 53.6 Å². The molecule has 1 aromatic carbocycles. The number of methoxy groups -OCH3 is 1. The predicted octanol–water partition coefficient (Wildman–Crippen LogP) is 4.97. The number of H-pyrrole nitrogens is 1. The van der Waals surface area contributed by atoms with Crippen molar-refractivity contribution in [2.75, 3.05) is 44.8 Å². The van der Waals surface area contributed by atoms with Crippen molar-refractivity contribution in [3.8, 4) is 11.5 Å². The van der Waals surface area contributed by atoms with E-state index in [9.17, 15) is 0 Å². The highest BCUT2D eigenvalue weighted by Crippen LogP contribution is 2.42. The van der Waals surface area contributed by atoms with Crippen molar-refractivity contribution < 1.29 is 9.47 Å². The molecule has 6 nitrogen and oxygen atoms in total. The van der Waals surface area contributed by atoms with Crippen LogP contribution < -0.4 is 14.4 Å². The molecular weight excluding hydrogens is 388 g/mol. The second-order valence-corrected chi connectivity index (χ2v) is 9.55. The normalized spacial score (nSPS) is 19.0. The lowest BCUT2D eigenvalue weighted by Crippen LogP contribution is -2.38. The summed E-state index contributed by atoms with van der Waals surface area (Å²) in [5.74, 6) is 2.65. The molecule has 2 aliphatic rings. The lowest BCUT2D eigenvalue weighted by molar-refractivity contribution is 0.254. The highest BCUT2D eigenvalue weighted by Gasteiger charge is 2.34. The molecular formula is C25H34N4O2. The summed E-state index contributed by atoms with van der Waals surface area (Å²) in [6, 6.07) is 6.26. The van der Waals surface area contributed by atoms with Crippen molar-refractivity contribution in [2.24, 2.45) is 0 Å². The third-order valence-corrected chi connectivity index (χ3v) is 7.01. The quantitative estimate of drug-likeness (QED) is 0.545. The summed E-state index contributed by atoms with van der Waals surface area (Å²) < 4.78 is 11.9. The molecule has 2 aliphatic heterocycles. The van der Waals surface area contributed by atoms with Crippen molar-refractivity contribution in [1.82, 2.24) is 14.9 Å². The SMILES string of the molecule is COc1cc2c(cc1OCCCN1CCCC1)[nH]c1ccnc(N3CCCC3(C)C)c12. The first-order valence-electron chi connectivity index (χ1n) is 11.7. The van der Waals surface area contributed by atoms with Crippen LogP contribution in [0.25, 0.3) is 21.8 Å². The Morgan fingerprint density at radius 1 is 1.06 bits per heavy atom. The fourth-order valence-corrected chi connectivity index (χ4v) is 5.29. The molecule has 2 saturated heterocycles. The summed E-state index contributed by atoms with van der Waals surface area (Å²) in [6.45, 7) is 9.93. The molecule has 0 radical (unpaired) electrons. The molecule has 6 heteroatoms. The van der Waals surface area contributed by atoms with Crippen LogP contribution in [0.4, 0.5) is 5.82 Å². The standard InChI is InChI=1S/C25H34N4O2/c1-25(2)9-6-14-29(25)24-23-18-16-21(30-3)22(17-20(18)27-19(23)8-10-26-24)31-15-7-13-28-11-4-5-12-28/h8,10,16-17,27H,4-7,9,11-15H2,1-3H3. The molecule has 31 heavy (non-hydrogen) atoms. The van der Waals surface area contributed by atoms with Crippen molar-refractivity contribution in [1.29, 1.82) is 0 Å². The maximum atomic E-state index is 6.16. The van der Waals surface area contributed by atoms with Crippen LogP contribution in [-0.4, -0.2) is 60.3 Å². The van der Waals surface area contributed by atoms with Crippen molar-refractivity contribution in [2.45, 2.75) is 51.5 Å². The number of pyridine rings is 1. The number of likely N-dealkylation sites (tertiary alicyclic amines) is 1. The summed E-state index contributed by atoms with van der Waals surface area (Å²) in [5.41, 5.74) is 2.29. The summed E-state index contributed by atoms with van der Waals surface area (Å²) in [4.78, 5) is 13.4. The Bertz CT molecular complexity index is 1070. The number of nitrogens with zero attached hydrogens (tertiary/aromatic N) is 3. The zero-order chi connectivity index (χ0) is 21.4. The Morgan fingerprint density at radius 2 is 1.90 bits per heavy atom. The van der Waals surface area contributed by atoms with Gasteiger partial charge in [-0.1, -0.05) is 0 Å². The highest BCUT2D eigenvalue weighted by molar-refractivity contribution is 6.13. The van der Waals surface area contributed by atoms with Crippen LogP contribution in [-0.2, 0) is 0 Å². The Morgan fingerprint density at radius 3 is 2.65 bits per heavy atom. The summed E-state index contributed by atoms with van der Waals surface area (Å²) in [6.07, 6.45) is 7.99. The Hall–Kier alpha value is -2.47. The third-order valence-electron chi connectivity index (χ3n) is 7.01. The van der Waals surface area contributed by atoms with Gasteiger partial charge in [0.05, 0.1) is 30.1 Å². The van der Waals surface area contributed by atoms with Gasteiger partial charge >= 0.3 is 0 Å². The van der Waals surface area contributed by atoms with Gasteiger partial charge in [0, 0.05) is 36.3 Å². The Balaban J connectivity index is 1.45. The minimum Gasteiger partial charge on any atom is -0.493 e. The maximum Gasteiger partial charge on any atom is 0.163 e. The van der Waals surface area contributed by atoms with E-state index in [2.05, 4.69) is 46.8 Å². The number of anilines is 1. The van der Waals surface area contributed by atoms with Crippen LogP contribution in [0.3, 0.4) is 0 Å². The van der Waals surface area contributed by atoms with Gasteiger partial charge < -0.3 is 24.3 Å². The molecule has 0 bridgehead atoms. The van der Waals surface area contributed by atoms with Crippen LogP contribution in [0.15, 0.2) is 24.4 Å². The number of nitrogens with one attached hydrogen (secondary N) is 1. The fourth-order valence-electron chi connectivity index (χ4n) is 5.29. The zero-order valence-corrected chi connectivity index (χ0v) is 19.0. The number of aromatic amines is 1. The molecule has 3 aromatic rings. The first-order valence-corrected chi connectivity index (χ1v) is 11.7. The monoisotopic (exact) mass is 422 g/mol. The number of ether oxygens (including phenoxy) is 2. The molecule has 5 rings (SSSR count). The average molecular weight is 423 g/mol. The van der Waals surface area contributed by atoms with Gasteiger partial charge in [0.15, 0.2) is 11.5 Å². The van der Waals surface area contributed by atoms with Gasteiger partial charge in [0.25, 0.3) is 0 Å². The number of benzene rings is 1. The molecule has 4 heterocycles. The van der Waals surface area contributed by atoms with E-state index in [-0.39, 0.29) is 5.54 Å². The van der Waals surface area contributed by atoms with Gasteiger partial charge in [-0.15, -0.1) is 0 Å². The smallest absolute Gasteiger partial charge is 0.163 e. The van der Waals surface area contributed by atoms with Crippen molar-refractivity contribution in [3.63, 3.8) is 0 Å². The number of hydrogen-bond acceptors (Lipinski definition) is 5. The molecule has 0 saturated carbocycles. The van der Waals surface area contributed by atoms with Gasteiger partial charge in [0.1, 0.15) is 5.82 Å². The highest BCUT2D eigenvalue weighted by atomic mass is 16.5. The molecule has 0 aliphatic carbocycles. The molecule has 0 spiro atoms. The Kier molecular flexibility index (Phi) is 5.42. The molecule has 166 valence electrons. The molecule has 2 fully saturated rings. The largest absolute Gasteiger partial charge is 0.493 e. The first-order chi connectivity index (χ1) is 15.1. The van der Waals surface area contributed by atoms with Crippen molar-refractivity contribution in [3.05, 3.63) is 24.4 Å². The van der Waals surface area contributed by atoms with Gasteiger partial charge in [-0.25, -0.2) is 4.98 Å². The van der Waals surface area contributed by atoms with E-state index >= 15 is 0 Å². The second-order valence-electron chi connectivity index (χ2n) is 9.55. The predicted molar refractivity (Wildman–Crippen MR) is 127 cm³/mol. The van der Waals surface area contributed by atoms with Crippen LogP contribution in [0.5, 0.6) is 11.5 Å². The van der Waals surface area contributed by atoms with Crippen LogP contribution in [0, 0.1) is 0 Å². The second kappa shape index (κ2) is 8.23. The molecule has 2 aromatic heterocycles. The lowest BCUT2D eigenvalue weighted by atomic mass is 10.0. The van der Waals surface area contributed by atoms with E-state index in [0.29, 0.717) is 6.61 Å². The van der Waals surface area contributed by atoms with Crippen molar-refractivity contribution >= 4 is 27.6 Å². The van der Waals surface area contributed by atoms with Crippen LogP contribution in [0.2, 0.25) is 0 Å². The maximum absolute atomic E-state index is 6.16. The van der Waals surface area contributed by atoms with E-state index in [1.807, 2.05) is 6.20 Å². The number of aromatic nitrogens is 2. The minimum atomic E-state index is 0.118. The third kappa shape index (κ3) is 3.82. The van der Waals surface area contributed by atoms with Gasteiger partial charge in [-0.2, -0.15) is 0 Å². The average Bonchev–Trinajstić information content (AvgIpc) is 3.48. The Labute approximate surface area is 184 Å². The van der Waals surface area contributed by atoms with Crippen LogP contribution in [0.1, 0.15) is 46.0 Å². The lowest BCUT2D eigenvalue weighted by Gasteiger charge is -2.33. The zero-order valence-electron chi connectivity index (χ0n) is 19.0. The summed E-state index contributed by atoms with van der Waals surface area (Å²) >= 11 is 0. The van der Waals surface area contributed by atoms with Gasteiger partial charge in [-0.3, -0.25) is 0 Å². The van der Waals surface area contributed by atoms with E-state index in [4.69, 9.17) is 14.5 Å². The molecule has 1 N–H and O–H groups in total. The summed E-state index contributed by atoms with van der Waals surface area (Å²) in [5, 5.41) is 2.31. The van der Waals surface area contributed by atoms with Crippen LogP contribution >= 0.6 is 0 Å². The molecule has 0 amide bonds. The number of hydrogen-bond donors (Lipinski definition) is 1. The molecule has 0 atom stereocenters. The minimum absolute atomic E-state index is 0.118. The van der Waals surface area contributed by atoms with E-state index < -0.39 is 0 Å². The van der Waals surface area contributed by atoms with E-state index in [1.165, 1.54) is 44.2 Å². The van der Waals surface area contributed by atoms with Gasteiger partial charge in [-0.05, 0) is 71.2 Å². The van der Waals surface area contributed by atoms with E-state index in [1.54, 1.807) is 7.11 Å². The molecule has 0 unspecified atom stereocenters. The number of fused-ring (bicyclic) bond motifs is 3. The summed E-state index contributed by atoms with van der Waals surface area (Å²) in [7, 11) is 1.72. The van der Waals surface area contributed by atoms with Gasteiger partial charge in [0.2, 0.25) is 0 Å². The fraction of sp³-hybridized carbons (Fsp3) is 0.560. The number of rotatable bonds is 7. The first kappa shape index (κ1) is 20.4. The van der Waals surface area contributed by atoms with E-state index in [0.717, 1.165) is 53.2 Å².